The van der Waals surface area contributed by atoms with Gasteiger partial charge in [0.15, 0.2) is 0 Å². The number of anilines is 2. The molecule has 0 radical (unpaired) electrons. The third kappa shape index (κ3) is 9.62. The predicted octanol–water partition coefficient (Wildman–Crippen LogP) is 4.34. The Morgan fingerprint density at radius 3 is 2.30 bits per heavy atom. The summed E-state index contributed by atoms with van der Waals surface area (Å²) in [4.78, 5) is 57.2. The molecule has 0 atom stereocenters. The van der Waals surface area contributed by atoms with Gasteiger partial charge in [-0.25, -0.2) is 9.18 Å². The fraction of sp³-hybridized carbons (Fsp3) is 0.219. The number of hydrogen-bond donors (Lipinski definition) is 4. The number of pyridine rings is 1. The van der Waals surface area contributed by atoms with E-state index in [4.69, 9.17) is 4.74 Å². The number of ether oxygens (including phenoxy) is 3. The average molecular weight is 633 g/mol. The normalized spacial score (nSPS) is 10.6. The highest BCUT2D eigenvalue weighted by Crippen LogP contribution is 2.27. The monoisotopic (exact) mass is 632 g/mol. The maximum absolute atomic E-state index is 13.9. The number of hydrogen-bond acceptors (Lipinski definition) is 9. The van der Waals surface area contributed by atoms with E-state index in [1.807, 2.05) is 0 Å². The van der Waals surface area contributed by atoms with Gasteiger partial charge in [0.1, 0.15) is 17.3 Å². The second-order valence-corrected chi connectivity index (χ2v) is 9.99. The summed E-state index contributed by atoms with van der Waals surface area (Å²) in [6.07, 6.45) is 3.10. The van der Waals surface area contributed by atoms with E-state index < -0.39 is 23.8 Å². The highest BCUT2D eigenvalue weighted by molar-refractivity contribution is 6.00. The number of benzene rings is 2. The summed E-state index contributed by atoms with van der Waals surface area (Å²) in [5.74, 6) is -0.957. The quantitative estimate of drug-likeness (QED) is 0.157. The maximum atomic E-state index is 13.9. The lowest BCUT2D eigenvalue weighted by Crippen LogP contribution is -2.40. The lowest BCUT2D eigenvalue weighted by molar-refractivity contribution is -0.145. The highest BCUT2D eigenvalue weighted by atomic mass is 19.1. The molecule has 2 heterocycles. The number of carbonyl (C=O) groups excluding carboxylic acids is 4. The molecule has 0 spiro atoms. The van der Waals surface area contributed by atoms with Crippen LogP contribution in [0.15, 0.2) is 73.1 Å². The Bertz CT molecular complexity index is 1670. The highest BCUT2D eigenvalue weighted by Gasteiger charge is 2.17. The first-order valence-corrected chi connectivity index (χ1v) is 14.0. The van der Waals surface area contributed by atoms with Crippen molar-refractivity contribution < 1.29 is 37.8 Å². The maximum Gasteiger partial charge on any atom is 0.323 e. The molecule has 14 heteroatoms. The molecule has 4 rings (SSSR count). The molecule has 240 valence electrons. The number of aromatic amines is 1. The van der Waals surface area contributed by atoms with E-state index in [-0.39, 0.29) is 37.8 Å². The van der Waals surface area contributed by atoms with Crippen LogP contribution in [0.25, 0.3) is 11.4 Å². The minimum Gasteiger partial charge on any atom is -0.468 e. The van der Waals surface area contributed by atoms with Crippen LogP contribution < -0.4 is 20.7 Å². The van der Waals surface area contributed by atoms with E-state index in [1.165, 1.54) is 31.4 Å². The van der Waals surface area contributed by atoms with Crippen molar-refractivity contribution in [3.63, 3.8) is 0 Å². The van der Waals surface area contributed by atoms with Gasteiger partial charge in [0.25, 0.3) is 5.91 Å². The van der Waals surface area contributed by atoms with Crippen LogP contribution >= 0.6 is 0 Å². The molecule has 4 N–H and O–H groups in total. The zero-order valence-corrected chi connectivity index (χ0v) is 25.4. The van der Waals surface area contributed by atoms with Gasteiger partial charge in [0.05, 0.1) is 49.9 Å². The lowest BCUT2D eigenvalue weighted by Gasteiger charge is -2.19. The molecule has 2 aromatic carbocycles. The van der Waals surface area contributed by atoms with Crippen molar-refractivity contribution in [1.29, 1.82) is 0 Å². The number of nitrogens with zero attached hydrogens (tertiary/aromatic N) is 2. The molecule has 13 nitrogen and oxygen atoms in total. The second kappa shape index (κ2) is 15.8. The fourth-order valence-corrected chi connectivity index (χ4v) is 4.20. The first kappa shape index (κ1) is 33.1. The van der Waals surface area contributed by atoms with Crippen LogP contribution in [0.3, 0.4) is 0 Å². The van der Waals surface area contributed by atoms with Crippen LogP contribution in [0.2, 0.25) is 0 Å². The molecule has 0 aliphatic rings. The number of aryl methyl sites for hydroxylation is 1. The van der Waals surface area contributed by atoms with Crippen LogP contribution in [-0.2, 0) is 19.1 Å². The largest absolute Gasteiger partial charge is 0.468 e. The van der Waals surface area contributed by atoms with Crippen molar-refractivity contribution in [3.05, 3.63) is 90.0 Å². The van der Waals surface area contributed by atoms with Crippen molar-refractivity contribution in [2.75, 3.05) is 51.0 Å². The Labute approximate surface area is 264 Å². The minimum atomic E-state index is -0.588. The number of carbonyl (C=O) groups is 4. The molecule has 0 aliphatic heterocycles. The average Bonchev–Trinajstić information content (AvgIpc) is 3.54. The lowest BCUT2D eigenvalue weighted by atomic mass is 10.2. The molecule has 0 saturated carbocycles. The van der Waals surface area contributed by atoms with Crippen LogP contribution in [0.5, 0.6) is 11.5 Å². The number of esters is 2. The summed E-state index contributed by atoms with van der Waals surface area (Å²) in [6, 6.07) is 15.5. The molecule has 0 fully saturated rings. The smallest absolute Gasteiger partial charge is 0.323 e. The molecule has 0 saturated heterocycles. The topological polar surface area (TPSA) is 164 Å². The predicted molar refractivity (Wildman–Crippen MR) is 167 cm³/mol. The number of methoxy groups -OCH3 is 2. The van der Waals surface area contributed by atoms with Crippen molar-refractivity contribution in [2.45, 2.75) is 6.92 Å². The van der Waals surface area contributed by atoms with Crippen molar-refractivity contribution >= 4 is 35.3 Å². The SMILES string of the molecule is COC(=O)CN(CCNC(=O)c1c[nH]c(-c2cc(Oc3ccc(NC(=O)Nc4cc(C)ccc4F)cc3)ccn2)c1)CC(=O)OC. The van der Waals surface area contributed by atoms with Gasteiger partial charge in [-0.1, -0.05) is 6.07 Å². The van der Waals surface area contributed by atoms with Gasteiger partial charge in [-0.2, -0.15) is 0 Å². The number of urea groups is 1. The summed E-state index contributed by atoms with van der Waals surface area (Å²) in [6.45, 7) is 1.92. The number of halogens is 1. The summed E-state index contributed by atoms with van der Waals surface area (Å²) in [5.41, 5.74) is 2.82. The third-order valence-electron chi connectivity index (χ3n) is 6.54. The van der Waals surface area contributed by atoms with Gasteiger partial charge >= 0.3 is 18.0 Å². The number of rotatable bonds is 13. The molecule has 0 bridgehead atoms. The second-order valence-electron chi connectivity index (χ2n) is 9.99. The van der Waals surface area contributed by atoms with Crippen LogP contribution in [0.4, 0.5) is 20.6 Å². The van der Waals surface area contributed by atoms with Crippen LogP contribution in [0.1, 0.15) is 15.9 Å². The third-order valence-corrected chi connectivity index (χ3v) is 6.54. The Morgan fingerprint density at radius 2 is 1.61 bits per heavy atom. The van der Waals surface area contributed by atoms with Crippen molar-refractivity contribution in [3.8, 4) is 22.9 Å². The number of aromatic nitrogens is 2. The Balaban J connectivity index is 1.31. The van der Waals surface area contributed by atoms with Gasteiger partial charge in [-0.15, -0.1) is 0 Å². The Hall–Kier alpha value is -5.76. The van der Waals surface area contributed by atoms with E-state index in [9.17, 15) is 23.6 Å². The molecule has 0 unspecified atom stereocenters. The van der Waals surface area contributed by atoms with E-state index in [2.05, 4.69) is 35.4 Å². The standard InChI is InChI=1S/C32H33FN6O7/c1-20-4-9-25(33)26(14-20)38-32(43)37-22-5-7-23(8-6-22)46-24-10-11-34-28(16-24)27-15-21(17-36-27)31(42)35-12-13-39(18-29(40)44-2)19-30(41)45-3/h4-11,14-17,36H,12-13,18-19H2,1-3H3,(H,35,42)(H2,37,38,43). The zero-order valence-electron chi connectivity index (χ0n) is 25.4. The van der Waals surface area contributed by atoms with E-state index in [0.29, 0.717) is 34.1 Å². The number of amides is 3. The molecular formula is C32H33FN6O7. The summed E-state index contributed by atoms with van der Waals surface area (Å²) >= 11 is 0. The van der Waals surface area contributed by atoms with Crippen LogP contribution in [0, 0.1) is 12.7 Å². The van der Waals surface area contributed by atoms with Gasteiger partial charge in [0.2, 0.25) is 0 Å². The number of nitrogens with one attached hydrogen (secondary N) is 4. The Morgan fingerprint density at radius 1 is 0.891 bits per heavy atom. The van der Waals surface area contributed by atoms with Crippen LogP contribution in [-0.4, -0.2) is 79.1 Å². The van der Waals surface area contributed by atoms with E-state index in [1.54, 1.807) is 67.7 Å². The molecule has 0 aliphatic carbocycles. The van der Waals surface area contributed by atoms with Crippen molar-refractivity contribution in [2.24, 2.45) is 0 Å². The molecule has 46 heavy (non-hydrogen) atoms. The molecule has 3 amide bonds. The molecule has 2 aromatic heterocycles. The van der Waals surface area contributed by atoms with E-state index in [0.717, 1.165) is 5.56 Å². The first-order valence-electron chi connectivity index (χ1n) is 14.0. The zero-order chi connectivity index (χ0) is 33.1. The van der Waals surface area contributed by atoms with E-state index >= 15 is 0 Å². The minimum absolute atomic E-state index is 0.0806. The van der Waals surface area contributed by atoms with Gasteiger partial charge in [-0.05, 0) is 61.0 Å². The first-order chi connectivity index (χ1) is 22.1. The summed E-state index contributed by atoms with van der Waals surface area (Å²) in [7, 11) is 2.50. The fourth-order valence-electron chi connectivity index (χ4n) is 4.20. The van der Waals surface area contributed by atoms with Crippen molar-refractivity contribution in [1.82, 2.24) is 20.2 Å². The molecule has 4 aromatic rings. The van der Waals surface area contributed by atoms with Gasteiger partial charge < -0.3 is 35.1 Å². The Kier molecular flexibility index (Phi) is 11.4. The summed E-state index contributed by atoms with van der Waals surface area (Å²) in [5, 5.41) is 7.90. The molecular weight excluding hydrogens is 599 g/mol. The number of H-pyrrole nitrogens is 1. The summed E-state index contributed by atoms with van der Waals surface area (Å²) < 4.78 is 29.2. The van der Waals surface area contributed by atoms with Gasteiger partial charge in [-0.3, -0.25) is 24.3 Å². The van der Waals surface area contributed by atoms with Gasteiger partial charge in [0, 0.05) is 37.2 Å².